The van der Waals surface area contributed by atoms with Gasteiger partial charge in [0.05, 0.1) is 6.04 Å². The minimum atomic E-state index is -0.779. The van der Waals surface area contributed by atoms with Gasteiger partial charge in [-0.15, -0.1) is 0 Å². The van der Waals surface area contributed by atoms with E-state index >= 15 is 0 Å². The van der Waals surface area contributed by atoms with Crippen LogP contribution in [-0.4, -0.2) is 46.2 Å². The molecule has 1 unspecified atom stereocenters. The van der Waals surface area contributed by atoms with Crippen LogP contribution < -0.4 is 16.6 Å². The molecule has 1 aromatic rings. The molecule has 1 aromatic heterocycles. The Hall–Kier alpha value is -3.11. The number of aromatic nitrogens is 2. The minimum Gasteiger partial charge on any atom is -0.461 e. The second-order valence-electron chi connectivity index (χ2n) is 6.40. The number of rotatable bonds is 5. The van der Waals surface area contributed by atoms with Gasteiger partial charge in [0.1, 0.15) is 25.0 Å². The molecule has 4 atom stereocenters. The van der Waals surface area contributed by atoms with Crippen LogP contribution in [0.2, 0.25) is 0 Å². The summed E-state index contributed by atoms with van der Waals surface area (Å²) in [7, 11) is 0. The summed E-state index contributed by atoms with van der Waals surface area (Å²) >= 11 is 0. The molecule has 3 rings (SSSR count). The van der Waals surface area contributed by atoms with Crippen LogP contribution in [0.4, 0.5) is 0 Å². The summed E-state index contributed by atoms with van der Waals surface area (Å²) in [4.78, 5) is 51.7. The van der Waals surface area contributed by atoms with E-state index in [-0.39, 0.29) is 25.4 Å². The van der Waals surface area contributed by atoms with Crippen molar-refractivity contribution in [3.8, 4) is 0 Å². The lowest BCUT2D eigenvalue weighted by Gasteiger charge is -2.18. The second-order valence-corrected chi connectivity index (χ2v) is 6.40. The summed E-state index contributed by atoms with van der Waals surface area (Å²) in [5.74, 6) is -0.807. The number of aryl methyl sites for hydroxylation is 1. The Morgan fingerprint density at radius 1 is 1.48 bits per heavy atom. The third kappa shape index (κ3) is 4.01. The average Bonchev–Trinajstić information content (AvgIpc) is 3.23. The van der Waals surface area contributed by atoms with Crippen LogP contribution in [0.5, 0.6) is 0 Å². The lowest BCUT2D eigenvalue weighted by atomic mass is 10.1. The zero-order valence-electron chi connectivity index (χ0n) is 14.5. The van der Waals surface area contributed by atoms with E-state index in [0.717, 1.165) is 0 Å². The van der Waals surface area contributed by atoms with E-state index in [4.69, 9.17) is 15.0 Å². The number of amides is 1. The van der Waals surface area contributed by atoms with Crippen LogP contribution in [0.3, 0.4) is 0 Å². The molecule has 0 spiro atoms. The first-order valence-corrected chi connectivity index (χ1v) is 8.36. The van der Waals surface area contributed by atoms with Crippen LogP contribution in [0.15, 0.2) is 20.9 Å². The van der Waals surface area contributed by atoms with Crippen molar-refractivity contribution in [2.75, 3.05) is 6.61 Å². The Labute approximate surface area is 152 Å². The molecule has 3 heterocycles. The van der Waals surface area contributed by atoms with Crippen molar-refractivity contribution in [2.45, 2.75) is 50.6 Å². The van der Waals surface area contributed by atoms with Crippen molar-refractivity contribution in [1.82, 2.24) is 14.9 Å². The number of aromatic amines is 1. The maximum Gasteiger partial charge on any atom is 0.330 e. The third-order valence-electron chi connectivity index (χ3n) is 4.53. The molecule has 144 valence electrons. The van der Waals surface area contributed by atoms with Crippen LogP contribution in [0.25, 0.3) is 10.4 Å². The van der Waals surface area contributed by atoms with Crippen molar-refractivity contribution in [2.24, 2.45) is 5.11 Å². The first kappa shape index (κ1) is 18.7. The highest BCUT2D eigenvalue weighted by Crippen LogP contribution is 2.30. The monoisotopic (exact) mass is 378 g/mol. The zero-order valence-corrected chi connectivity index (χ0v) is 14.5. The highest BCUT2D eigenvalue weighted by Gasteiger charge is 2.38. The van der Waals surface area contributed by atoms with Crippen molar-refractivity contribution < 1.29 is 19.1 Å². The molecule has 2 fully saturated rings. The molecule has 2 saturated heterocycles. The van der Waals surface area contributed by atoms with Gasteiger partial charge in [-0.2, -0.15) is 0 Å². The Kier molecular flexibility index (Phi) is 5.28. The number of hydrogen-bond acceptors (Lipinski definition) is 7. The van der Waals surface area contributed by atoms with E-state index in [1.54, 1.807) is 6.92 Å². The van der Waals surface area contributed by atoms with Gasteiger partial charge >= 0.3 is 11.7 Å². The topological polar surface area (TPSA) is 168 Å². The fourth-order valence-electron chi connectivity index (χ4n) is 3.08. The number of carbonyl (C=O) groups is 2. The van der Waals surface area contributed by atoms with E-state index < -0.39 is 41.6 Å². The third-order valence-corrected chi connectivity index (χ3v) is 4.53. The molecule has 12 nitrogen and oxygen atoms in total. The second kappa shape index (κ2) is 7.64. The van der Waals surface area contributed by atoms with Gasteiger partial charge in [-0.25, -0.2) is 9.59 Å². The number of hydrogen-bond donors (Lipinski definition) is 2. The van der Waals surface area contributed by atoms with Crippen LogP contribution in [0, 0.1) is 6.92 Å². The molecule has 0 aromatic carbocycles. The number of H-pyrrole nitrogens is 1. The number of carbonyl (C=O) groups excluding carboxylic acids is 2. The molecule has 2 aliphatic heterocycles. The molecule has 0 radical (unpaired) electrons. The van der Waals surface area contributed by atoms with E-state index in [2.05, 4.69) is 20.3 Å². The van der Waals surface area contributed by atoms with Gasteiger partial charge < -0.3 is 14.8 Å². The first-order valence-electron chi connectivity index (χ1n) is 8.36. The summed E-state index contributed by atoms with van der Waals surface area (Å²) in [6.07, 6.45) is 0.624. The normalized spacial score (nSPS) is 27.1. The fourth-order valence-corrected chi connectivity index (χ4v) is 3.08. The molecule has 27 heavy (non-hydrogen) atoms. The van der Waals surface area contributed by atoms with Crippen molar-refractivity contribution in [3.05, 3.63) is 43.0 Å². The molecule has 0 bridgehead atoms. The highest BCUT2D eigenvalue weighted by molar-refractivity contribution is 5.88. The zero-order chi connectivity index (χ0) is 19.6. The van der Waals surface area contributed by atoms with E-state index in [0.29, 0.717) is 12.0 Å². The van der Waals surface area contributed by atoms with Gasteiger partial charge in [-0.1, -0.05) is 5.11 Å². The Morgan fingerprint density at radius 3 is 2.93 bits per heavy atom. The van der Waals surface area contributed by atoms with E-state index in [1.165, 1.54) is 10.8 Å². The molecule has 2 N–H and O–H groups in total. The van der Waals surface area contributed by atoms with Crippen molar-refractivity contribution in [1.29, 1.82) is 0 Å². The Morgan fingerprint density at radius 2 is 2.26 bits per heavy atom. The van der Waals surface area contributed by atoms with Gasteiger partial charge in [0.15, 0.2) is 0 Å². The fraction of sp³-hybridized carbons (Fsp3) is 0.600. The minimum absolute atomic E-state index is 0.178. The lowest BCUT2D eigenvalue weighted by Crippen LogP contribution is -2.37. The average molecular weight is 378 g/mol. The van der Waals surface area contributed by atoms with Gasteiger partial charge in [0, 0.05) is 29.5 Å². The maximum absolute atomic E-state index is 12.0. The van der Waals surface area contributed by atoms with E-state index in [9.17, 15) is 19.2 Å². The lowest BCUT2D eigenvalue weighted by molar-refractivity contribution is -0.151. The quantitative estimate of drug-likeness (QED) is 0.307. The SMILES string of the molecule is Cc1cn([C@H]2C[C@H](N=[N+]=[N-])[C@@H](COC(=O)C3CCC(=O)N3)O2)c(=O)[nH]c1=O. The van der Waals surface area contributed by atoms with E-state index in [1.807, 2.05) is 0 Å². The summed E-state index contributed by atoms with van der Waals surface area (Å²) < 4.78 is 12.1. The van der Waals surface area contributed by atoms with Crippen LogP contribution >= 0.6 is 0 Å². The number of nitrogens with one attached hydrogen (secondary N) is 2. The Balaban J connectivity index is 1.70. The molecule has 0 saturated carbocycles. The number of azide groups is 1. The Bertz CT molecular complexity index is 916. The number of ether oxygens (including phenoxy) is 2. The predicted octanol–water partition coefficient (Wildman–Crippen LogP) is -0.367. The van der Waals surface area contributed by atoms with Gasteiger partial charge in [-0.3, -0.25) is 19.1 Å². The maximum atomic E-state index is 12.0. The van der Waals surface area contributed by atoms with Crippen molar-refractivity contribution >= 4 is 11.9 Å². The molecule has 0 aliphatic carbocycles. The molecule has 1 amide bonds. The summed E-state index contributed by atoms with van der Waals surface area (Å²) in [5.41, 5.74) is 7.92. The van der Waals surface area contributed by atoms with Crippen molar-refractivity contribution in [3.63, 3.8) is 0 Å². The molecule has 2 aliphatic rings. The van der Waals surface area contributed by atoms with Crippen LogP contribution in [0.1, 0.15) is 31.1 Å². The van der Waals surface area contributed by atoms with Gasteiger partial charge in [0.25, 0.3) is 5.56 Å². The molecular formula is C15H18N6O6. The standard InChI is InChI=1S/C15H18N6O6/c1-7-5-21(15(25)18-13(7)23)12-4-9(19-20-16)10(27-12)6-26-14(24)8-2-3-11(22)17-8/h5,8-10,12H,2-4,6H2,1H3,(H,17,22)(H,18,23,25)/t8?,9-,10+,12+/m0/s1. The summed E-state index contributed by atoms with van der Waals surface area (Å²) in [5, 5.41) is 6.15. The number of esters is 1. The van der Waals surface area contributed by atoms with Gasteiger partial charge in [0.2, 0.25) is 5.91 Å². The largest absolute Gasteiger partial charge is 0.461 e. The predicted molar refractivity (Wildman–Crippen MR) is 89.6 cm³/mol. The molecule has 12 heteroatoms. The van der Waals surface area contributed by atoms with Crippen LogP contribution in [-0.2, 0) is 19.1 Å². The number of nitrogens with zero attached hydrogens (tertiary/aromatic N) is 4. The van der Waals surface area contributed by atoms with Gasteiger partial charge in [-0.05, 0) is 18.9 Å². The smallest absolute Gasteiger partial charge is 0.330 e. The first-order chi connectivity index (χ1) is 12.9. The summed E-state index contributed by atoms with van der Waals surface area (Å²) in [6, 6.07) is -1.36. The molecular weight excluding hydrogens is 360 g/mol. The summed E-state index contributed by atoms with van der Waals surface area (Å²) in [6.45, 7) is 1.35. The highest BCUT2D eigenvalue weighted by atomic mass is 16.6.